The molecule has 0 aliphatic carbocycles. The van der Waals surface area contributed by atoms with Crippen molar-refractivity contribution in [1.82, 2.24) is 9.97 Å². The van der Waals surface area contributed by atoms with Gasteiger partial charge in [-0.25, -0.2) is 4.98 Å². The lowest BCUT2D eigenvalue weighted by molar-refractivity contribution is 0.866. The summed E-state index contributed by atoms with van der Waals surface area (Å²) in [5.41, 5.74) is 5.92. The summed E-state index contributed by atoms with van der Waals surface area (Å²) in [7, 11) is 0. The summed E-state index contributed by atoms with van der Waals surface area (Å²) >= 11 is 0. The maximum absolute atomic E-state index is 4.59. The van der Waals surface area contributed by atoms with Gasteiger partial charge in [0.25, 0.3) is 0 Å². The molecule has 0 bridgehead atoms. The molecule has 0 saturated carbocycles. The van der Waals surface area contributed by atoms with E-state index in [0.717, 1.165) is 31.1 Å². The molecule has 2 N–H and O–H groups in total. The van der Waals surface area contributed by atoms with Crippen molar-refractivity contribution in [1.29, 1.82) is 0 Å². The van der Waals surface area contributed by atoms with Crippen LogP contribution in [0.4, 0.5) is 23.1 Å². The second-order valence-corrected chi connectivity index (χ2v) is 6.90. The van der Waals surface area contributed by atoms with Gasteiger partial charge >= 0.3 is 0 Å². The van der Waals surface area contributed by atoms with E-state index in [1.165, 1.54) is 22.4 Å². The Hall–Kier alpha value is -3.08. The summed E-state index contributed by atoms with van der Waals surface area (Å²) < 4.78 is 0. The molecule has 0 spiro atoms. The van der Waals surface area contributed by atoms with E-state index >= 15 is 0 Å². The molecule has 0 radical (unpaired) electrons. The van der Waals surface area contributed by atoms with Crippen LogP contribution in [0, 0.1) is 13.8 Å². The Kier molecular flexibility index (Phi) is 6.48. The zero-order valence-electron chi connectivity index (χ0n) is 17.2. The zero-order valence-corrected chi connectivity index (χ0v) is 17.2. The molecule has 0 aliphatic heterocycles. The lowest BCUT2D eigenvalue weighted by atomic mass is 10.1. The van der Waals surface area contributed by atoms with Crippen LogP contribution >= 0.6 is 0 Å². The number of hydrogen-bond acceptors (Lipinski definition) is 5. The number of hydrogen-bond donors (Lipinski definition) is 2. The molecule has 0 saturated heterocycles. The summed E-state index contributed by atoms with van der Waals surface area (Å²) in [4.78, 5) is 11.3. The molecule has 3 rings (SSSR count). The second kappa shape index (κ2) is 9.22. The first-order chi connectivity index (χ1) is 13.6. The van der Waals surface area contributed by atoms with Crippen LogP contribution in [-0.4, -0.2) is 23.1 Å². The van der Waals surface area contributed by atoms with Crippen LogP contribution < -0.4 is 15.5 Å². The van der Waals surface area contributed by atoms with Crippen molar-refractivity contribution in [3.8, 4) is 0 Å². The van der Waals surface area contributed by atoms with Crippen molar-refractivity contribution < 1.29 is 0 Å². The first-order valence-electron chi connectivity index (χ1n) is 9.84. The Balaban J connectivity index is 1.68. The van der Waals surface area contributed by atoms with Crippen molar-refractivity contribution >= 4 is 23.1 Å². The van der Waals surface area contributed by atoms with Crippen molar-refractivity contribution in [2.24, 2.45) is 0 Å². The first kappa shape index (κ1) is 19.7. The zero-order chi connectivity index (χ0) is 19.9. The van der Waals surface area contributed by atoms with E-state index in [0.29, 0.717) is 5.95 Å². The van der Waals surface area contributed by atoms with E-state index in [2.05, 4.69) is 95.7 Å². The van der Waals surface area contributed by atoms with Crippen LogP contribution in [0.5, 0.6) is 0 Å². The van der Waals surface area contributed by atoms with Gasteiger partial charge < -0.3 is 15.5 Å². The van der Waals surface area contributed by atoms with Crippen molar-refractivity contribution in [3.05, 3.63) is 71.4 Å². The molecule has 0 fully saturated rings. The molecule has 5 heteroatoms. The van der Waals surface area contributed by atoms with Crippen LogP contribution in [0.15, 0.2) is 54.7 Å². The number of nitrogens with one attached hydrogen (secondary N) is 2. The Morgan fingerprint density at radius 1 is 0.929 bits per heavy atom. The molecule has 28 heavy (non-hydrogen) atoms. The molecular formula is C23H29N5. The fraction of sp³-hybridized carbons (Fsp3) is 0.304. The third kappa shape index (κ3) is 5.00. The Morgan fingerprint density at radius 2 is 1.68 bits per heavy atom. The molecular weight excluding hydrogens is 346 g/mol. The van der Waals surface area contributed by atoms with Gasteiger partial charge in [0.1, 0.15) is 5.82 Å². The highest BCUT2D eigenvalue weighted by atomic mass is 15.1. The molecule has 0 amide bonds. The van der Waals surface area contributed by atoms with E-state index in [1.807, 2.05) is 6.07 Å². The van der Waals surface area contributed by atoms with Gasteiger partial charge in [-0.15, -0.1) is 0 Å². The number of benzene rings is 2. The summed E-state index contributed by atoms with van der Waals surface area (Å²) in [5, 5.41) is 6.70. The van der Waals surface area contributed by atoms with E-state index in [-0.39, 0.29) is 0 Å². The average molecular weight is 376 g/mol. The third-order valence-corrected chi connectivity index (χ3v) is 4.83. The topological polar surface area (TPSA) is 53.1 Å². The van der Waals surface area contributed by atoms with Gasteiger partial charge in [-0.1, -0.05) is 29.8 Å². The fourth-order valence-electron chi connectivity index (χ4n) is 3.11. The highest BCUT2D eigenvalue weighted by Gasteiger charge is 2.07. The van der Waals surface area contributed by atoms with Gasteiger partial charge in [0.2, 0.25) is 5.95 Å². The Bertz CT molecular complexity index is 901. The van der Waals surface area contributed by atoms with E-state index in [9.17, 15) is 0 Å². The Labute approximate surface area is 167 Å². The van der Waals surface area contributed by atoms with Crippen molar-refractivity contribution in [2.45, 2.75) is 34.2 Å². The van der Waals surface area contributed by atoms with Crippen molar-refractivity contribution in [3.63, 3.8) is 0 Å². The molecule has 0 unspecified atom stereocenters. The van der Waals surface area contributed by atoms with Gasteiger partial charge in [0.05, 0.1) is 0 Å². The standard InChI is InChI=1S/C23H29N5/c1-5-28(6-2)20-11-12-21(18(4)15-20)26-23-24-14-13-22(27-23)25-16-19-9-7-17(3)8-10-19/h7-15H,5-6,16H2,1-4H3,(H2,24,25,26,27). The number of nitrogens with zero attached hydrogens (tertiary/aromatic N) is 3. The minimum Gasteiger partial charge on any atom is -0.372 e. The van der Waals surface area contributed by atoms with Crippen molar-refractivity contribution in [2.75, 3.05) is 28.6 Å². The highest BCUT2D eigenvalue weighted by Crippen LogP contribution is 2.24. The summed E-state index contributed by atoms with van der Waals surface area (Å²) in [6.45, 7) is 11.3. The van der Waals surface area contributed by atoms with Crippen LogP contribution in [0.1, 0.15) is 30.5 Å². The monoisotopic (exact) mass is 375 g/mol. The van der Waals surface area contributed by atoms with Crippen LogP contribution in [0.2, 0.25) is 0 Å². The maximum Gasteiger partial charge on any atom is 0.229 e. The molecule has 5 nitrogen and oxygen atoms in total. The second-order valence-electron chi connectivity index (χ2n) is 6.90. The lowest BCUT2D eigenvalue weighted by Crippen LogP contribution is -2.21. The van der Waals surface area contributed by atoms with Gasteiger partial charge in [-0.3, -0.25) is 0 Å². The minimum atomic E-state index is 0.590. The van der Waals surface area contributed by atoms with Gasteiger partial charge in [-0.2, -0.15) is 4.98 Å². The smallest absolute Gasteiger partial charge is 0.229 e. The van der Waals surface area contributed by atoms with E-state index < -0.39 is 0 Å². The SMILES string of the molecule is CCN(CC)c1ccc(Nc2nccc(NCc3ccc(C)cc3)n2)c(C)c1. The lowest BCUT2D eigenvalue weighted by Gasteiger charge is -2.22. The van der Waals surface area contributed by atoms with Gasteiger partial charge in [0, 0.05) is 37.2 Å². The predicted octanol–water partition coefficient (Wildman–Crippen LogP) is 5.30. The highest BCUT2D eigenvalue weighted by molar-refractivity contribution is 5.64. The third-order valence-electron chi connectivity index (χ3n) is 4.83. The number of aromatic nitrogens is 2. The number of anilines is 4. The first-order valence-corrected chi connectivity index (χ1v) is 9.84. The van der Waals surface area contributed by atoms with E-state index in [4.69, 9.17) is 0 Å². The molecule has 0 atom stereocenters. The van der Waals surface area contributed by atoms with Gasteiger partial charge in [0.15, 0.2) is 0 Å². The van der Waals surface area contributed by atoms with E-state index in [1.54, 1.807) is 6.20 Å². The molecule has 3 aromatic rings. The molecule has 1 heterocycles. The van der Waals surface area contributed by atoms with Gasteiger partial charge in [-0.05, 0) is 63.1 Å². The molecule has 2 aromatic carbocycles. The fourth-order valence-corrected chi connectivity index (χ4v) is 3.11. The van der Waals surface area contributed by atoms with Crippen LogP contribution in [0.25, 0.3) is 0 Å². The molecule has 0 aliphatic rings. The molecule has 146 valence electrons. The minimum absolute atomic E-state index is 0.590. The normalized spacial score (nSPS) is 10.6. The average Bonchev–Trinajstić information content (AvgIpc) is 2.71. The maximum atomic E-state index is 4.59. The predicted molar refractivity (Wildman–Crippen MR) is 119 cm³/mol. The largest absolute Gasteiger partial charge is 0.372 e. The van der Waals surface area contributed by atoms with Crippen LogP contribution in [0.3, 0.4) is 0 Å². The Morgan fingerprint density at radius 3 is 2.36 bits per heavy atom. The summed E-state index contributed by atoms with van der Waals surface area (Å²) in [6.07, 6.45) is 1.77. The quantitative estimate of drug-likeness (QED) is 0.560. The number of aryl methyl sites for hydroxylation is 2. The summed E-state index contributed by atoms with van der Waals surface area (Å²) in [5.74, 6) is 1.39. The summed E-state index contributed by atoms with van der Waals surface area (Å²) in [6, 6.07) is 16.8. The number of rotatable bonds is 8. The van der Waals surface area contributed by atoms with Crippen LogP contribution in [-0.2, 0) is 6.54 Å². The molecule has 1 aromatic heterocycles.